The lowest BCUT2D eigenvalue weighted by Crippen LogP contribution is -2.01. The van der Waals surface area contributed by atoms with Crippen molar-refractivity contribution in [2.75, 3.05) is 6.61 Å². The topological polar surface area (TPSA) is 45.9 Å². The van der Waals surface area contributed by atoms with Gasteiger partial charge in [0.05, 0.1) is 17.3 Å². The molecule has 0 radical (unpaired) electrons. The Hall–Kier alpha value is -1.57. The van der Waals surface area contributed by atoms with Crippen LogP contribution in [0.2, 0.25) is 5.02 Å². The van der Waals surface area contributed by atoms with E-state index >= 15 is 0 Å². The number of nitriles is 1. The van der Waals surface area contributed by atoms with Crippen LogP contribution in [0, 0.1) is 25.2 Å². The minimum atomic E-state index is 0.541. The molecule has 0 saturated heterocycles. The second-order valence-electron chi connectivity index (χ2n) is 4.14. The molecule has 19 heavy (non-hydrogen) atoms. The van der Waals surface area contributed by atoms with Crippen LogP contribution in [-0.2, 0) is 6.42 Å². The van der Waals surface area contributed by atoms with Crippen molar-refractivity contribution in [2.45, 2.75) is 20.3 Å². The number of thiazole rings is 1. The summed E-state index contributed by atoms with van der Waals surface area (Å²) in [5.74, 6) is 0.802. The molecule has 2 aromatic rings. The predicted octanol–water partition coefficient (Wildman–Crippen LogP) is 3.91. The van der Waals surface area contributed by atoms with Gasteiger partial charge >= 0.3 is 0 Å². The Labute approximate surface area is 121 Å². The Kier molecular flexibility index (Phi) is 4.41. The fourth-order valence-electron chi connectivity index (χ4n) is 1.63. The molecule has 0 aliphatic rings. The SMILES string of the molecule is Cc1cc(OCCc2nc(C)c(C#N)s2)ccc1Cl. The lowest BCUT2D eigenvalue weighted by Gasteiger charge is -2.06. The van der Waals surface area contributed by atoms with E-state index in [2.05, 4.69) is 11.1 Å². The number of hydrogen-bond acceptors (Lipinski definition) is 4. The fourth-order valence-corrected chi connectivity index (χ4v) is 2.59. The molecule has 0 spiro atoms. The molecule has 3 nitrogen and oxygen atoms in total. The Morgan fingerprint density at radius 3 is 2.84 bits per heavy atom. The van der Waals surface area contributed by atoms with Gasteiger partial charge in [-0.05, 0) is 37.6 Å². The highest BCUT2D eigenvalue weighted by molar-refractivity contribution is 7.12. The molecule has 0 saturated carbocycles. The lowest BCUT2D eigenvalue weighted by atomic mass is 10.2. The first kappa shape index (κ1) is 13.9. The zero-order chi connectivity index (χ0) is 13.8. The maximum absolute atomic E-state index is 8.87. The summed E-state index contributed by atoms with van der Waals surface area (Å²) in [6.45, 7) is 4.33. The summed E-state index contributed by atoms with van der Waals surface area (Å²) in [7, 11) is 0. The number of ether oxygens (including phenoxy) is 1. The van der Waals surface area contributed by atoms with Gasteiger partial charge in [-0.15, -0.1) is 11.3 Å². The van der Waals surface area contributed by atoms with E-state index in [0.717, 1.165) is 27.0 Å². The van der Waals surface area contributed by atoms with Gasteiger partial charge in [-0.1, -0.05) is 11.6 Å². The van der Waals surface area contributed by atoms with Gasteiger partial charge < -0.3 is 4.74 Å². The van der Waals surface area contributed by atoms with Crippen molar-refractivity contribution in [3.63, 3.8) is 0 Å². The number of aryl methyl sites for hydroxylation is 2. The minimum Gasteiger partial charge on any atom is -0.493 e. The highest BCUT2D eigenvalue weighted by Gasteiger charge is 2.07. The average molecular weight is 293 g/mol. The van der Waals surface area contributed by atoms with Crippen molar-refractivity contribution in [1.82, 2.24) is 4.98 Å². The summed E-state index contributed by atoms with van der Waals surface area (Å²) in [5, 5.41) is 10.5. The molecular formula is C14H13ClN2OS. The zero-order valence-electron chi connectivity index (χ0n) is 10.7. The maximum atomic E-state index is 8.87. The molecule has 0 amide bonds. The van der Waals surface area contributed by atoms with Crippen LogP contribution in [0.5, 0.6) is 5.75 Å². The third-order valence-corrected chi connectivity index (χ3v) is 4.20. The molecular weight excluding hydrogens is 280 g/mol. The van der Waals surface area contributed by atoms with E-state index in [-0.39, 0.29) is 0 Å². The van der Waals surface area contributed by atoms with Crippen LogP contribution in [0.1, 0.15) is 21.1 Å². The van der Waals surface area contributed by atoms with Crippen molar-refractivity contribution in [3.05, 3.63) is 44.4 Å². The van der Waals surface area contributed by atoms with Gasteiger partial charge in [-0.25, -0.2) is 4.98 Å². The monoisotopic (exact) mass is 292 g/mol. The summed E-state index contributed by atoms with van der Waals surface area (Å²) in [6.07, 6.45) is 0.703. The fraction of sp³-hybridized carbons (Fsp3) is 0.286. The van der Waals surface area contributed by atoms with Gasteiger partial charge in [0.1, 0.15) is 16.7 Å². The molecule has 0 fully saturated rings. The molecule has 0 aliphatic carbocycles. The number of aromatic nitrogens is 1. The number of nitrogens with zero attached hydrogens (tertiary/aromatic N) is 2. The molecule has 2 rings (SSSR count). The molecule has 0 atom stereocenters. The smallest absolute Gasteiger partial charge is 0.127 e. The number of rotatable bonds is 4. The summed E-state index contributed by atoms with van der Waals surface area (Å²) < 4.78 is 5.65. The largest absolute Gasteiger partial charge is 0.493 e. The predicted molar refractivity (Wildman–Crippen MR) is 77.0 cm³/mol. The maximum Gasteiger partial charge on any atom is 0.127 e. The van der Waals surface area contributed by atoms with E-state index in [4.69, 9.17) is 21.6 Å². The van der Waals surface area contributed by atoms with Crippen LogP contribution >= 0.6 is 22.9 Å². The van der Waals surface area contributed by atoms with Crippen LogP contribution < -0.4 is 4.74 Å². The second-order valence-corrected chi connectivity index (χ2v) is 5.63. The van der Waals surface area contributed by atoms with E-state index in [1.807, 2.05) is 32.0 Å². The van der Waals surface area contributed by atoms with Crippen molar-refractivity contribution in [2.24, 2.45) is 0 Å². The third-order valence-electron chi connectivity index (χ3n) is 2.66. The van der Waals surface area contributed by atoms with Crippen LogP contribution in [0.15, 0.2) is 18.2 Å². The average Bonchev–Trinajstić information content (AvgIpc) is 2.74. The Morgan fingerprint density at radius 1 is 1.42 bits per heavy atom. The van der Waals surface area contributed by atoms with Crippen LogP contribution in [0.3, 0.4) is 0 Å². The van der Waals surface area contributed by atoms with Gasteiger partial charge in [0.2, 0.25) is 0 Å². The Morgan fingerprint density at radius 2 is 2.21 bits per heavy atom. The standard InChI is InChI=1S/C14H13ClN2OS/c1-9-7-11(3-4-12(9)15)18-6-5-14-17-10(2)13(8-16)19-14/h3-4,7H,5-6H2,1-2H3. The lowest BCUT2D eigenvalue weighted by molar-refractivity contribution is 0.321. The molecule has 1 heterocycles. The van der Waals surface area contributed by atoms with Crippen molar-refractivity contribution in [1.29, 1.82) is 5.26 Å². The minimum absolute atomic E-state index is 0.541. The molecule has 0 unspecified atom stereocenters. The summed E-state index contributed by atoms with van der Waals surface area (Å²) in [6, 6.07) is 7.73. The van der Waals surface area contributed by atoms with Crippen molar-refractivity contribution in [3.8, 4) is 11.8 Å². The molecule has 5 heteroatoms. The molecule has 0 bridgehead atoms. The summed E-state index contributed by atoms with van der Waals surface area (Å²) in [4.78, 5) is 5.02. The number of halogens is 1. The van der Waals surface area contributed by atoms with E-state index in [1.165, 1.54) is 11.3 Å². The molecule has 1 aromatic heterocycles. The normalized spacial score (nSPS) is 10.2. The highest BCUT2D eigenvalue weighted by atomic mass is 35.5. The Bertz CT molecular complexity index is 631. The highest BCUT2D eigenvalue weighted by Crippen LogP contribution is 2.22. The zero-order valence-corrected chi connectivity index (χ0v) is 12.3. The molecule has 0 aliphatic heterocycles. The van der Waals surface area contributed by atoms with Crippen LogP contribution in [0.4, 0.5) is 0 Å². The van der Waals surface area contributed by atoms with Gasteiger partial charge in [-0.2, -0.15) is 5.26 Å². The quantitative estimate of drug-likeness (QED) is 0.858. The summed E-state index contributed by atoms with van der Waals surface area (Å²) >= 11 is 7.38. The first-order chi connectivity index (χ1) is 9.10. The van der Waals surface area contributed by atoms with E-state index in [1.54, 1.807) is 0 Å². The van der Waals surface area contributed by atoms with E-state index < -0.39 is 0 Å². The van der Waals surface area contributed by atoms with Crippen molar-refractivity contribution >= 4 is 22.9 Å². The van der Waals surface area contributed by atoms with E-state index in [9.17, 15) is 0 Å². The van der Waals surface area contributed by atoms with E-state index in [0.29, 0.717) is 17.9 Å². The summed E-state index contributed by atoms with van der Waals surface area (Å²) in [5.41, 5.74) is 1.79. The molecule has 98 valence electrons. The number of benzene rings is 1. The molecule has 1 aromatic carbocycles. The van der Waals surface area contributed by atoms with Crippen LogP contribution in [0.25, 0.3) is 0 Å². The van der Waals surface area contributed by atoms with Crippen LogP contribution in [-0.4, -0.2) is 11.6 Å². The van der Waals surface area contributed by atoms with Gasteiger partial charge in [0.15, 0.2) is 0 Å². The van der Waals surface area contributed by atoms with Gasteiger partial charge in [0.25, 0.3) is 0 Å². The van der Waals surface area contributed by atoms with Crippen molar-refractivity contribution < 1.29 is 4.74 Å². The van der Waals surface area contributed by atoms with Gasteiger partial charge in [0, 0.05) is 11.4 Å². The van der Waals surface area contributed by atoms with Gasteiger partial charge in [-0.3, -0.25) is 0 Å². The second kappa shape index (κ2) is 6.05. The Balaban J connectivity index is 1.92. The first-order valence-electron chi connectivity index (χ1n) is 5.85. The number of hydrogen-bond donors (Lipinski definition) is 0. The first-order valence-corrected chi connectivity index (χ1v) is 7.05. The third kappa shape index (κ3) is 3.46. The molecule has 0 N–H and O–H groups in total.